The third kappa shape index (κ3) is 3.13. The van der Waals surface area contributed by atoms with Crippen LogP contribution in [0.3, 0.4) is 0 Å². The quantitative estimate of drug-likeness (QED) is 0.852. The van der Waals surface area contributed by atoms with E-state index in [1.165, 1.54) is 29.3 Å². The molecule has 0 fully saturated rings. The first-order valence-electron chi connectivity index (χ1n) is 5.67. The SMILES string of the molecule is CN(Cc1ccc(F)cc1)C(=O)c1ccncc1F. The van der Waals surface area contributed by atoms with Gasteiger partial charge in [0.1, 0.15) is 5.82 Å². The number of benzene rings is 1. The second-order valence-electron chi connectivity index (χ2n) is 4.14. The highest BCUT2D eigenvalue weighted by Crippen LogP contribution is 2.11. The molecule has 98 valence electrons. The fraction of sp³-hybridized carbons (Fsp3) is 0.143. The number of pyridine rings is 1. The van der Waals surface area contributed by atoms with Crippen molar-refractivity contribution in [2.24, 2.45) is 0 Å². The summed E-state index contributed by atoms with van der Waals surface area (Å²) in [6.45, 7) is 0.279. The van der Waals surface area contributed by atoms with Gasteiger partial charge in [0.2, 0.25) is 0 Å². The lowest BCUT2D eigenvalue weighted by atomic mass is 10.2. The summed E-state index contributed by atoms with van der Waals surface area (Å²) in [7, 11) is 1.56. The maximum atomic E-state index is 13.4. The minimum atomic E-state index is -0.654. The number of hydrogen-bond donors (Lipinski definition) is 0. The van der Waals surface area contributed by atoms with Gasteiger partial charge in [-0.15, -0.1) is 0 Å². The van der Waals surface area contributed by atoms with Gasteiger partial charge in [-0.05, 0) is 23.8 Å². The molecule has 0 unspecified atom stereocenters. The first-order chi connectivity index (χ1) is 9.08. The van der Waals surface area contributed by atoms with E-state index in [4.69, 9.17) is 0 Å². The predicted molar refractivity (Wildman–Crippen MR) is 66.4 cm³/mol. The second kappa shape index (κ2) is 5.56. The molecular formula is C14H12F2N2O. The zero-order valence-corrected chi connectivity index (χ0v) is 10.3. The number of carbonyl (C=O) groups is 1. The van der Waals surface area contributed by atoms with Crippen LogP contribution in [-0.2, 0) is 6.54 Å². The van der Waals surface area contributed by atoms with Gasteiger partial charge in [0.15, 0.2) is 5.82 Å². The van der Waals surface area contributed by atoms with E-state index in [0.29, 0.717) is 0 Å². The summed E-state index contributed by atoms with van der Waals surface area (Å²) in [6, 6.07) is 7.14. The molecule has 0 bridgehead atoms. The zero-order chi connectivity index (χ0) is 13.8. The number of carbonyl (C=O) groups excluding carboxylic acids is 1. The smallest absolute Gasteiger partial charge is 0.256 e. The van der Waals surface area contributed by atoms with Gasteiger partial charge in [0.05, 0.1) is 11.8 Å². The molecule has 0 N–H and O–H groups in total. The van der Waals surface area contributed by atoms with E-state index in [9.17, 15) is 13.6 Å². The highest BCUT2D eigenvalue weighted by atomic mass is 19.1. The Morgan fingerprint density at radius 2 is 1.89 bits per heavy atom. The van der Waals surface area contributed by atoms with Crippen LogP contribution >= 0.6 is 0 Å². The van der Waals surface area contributed by atoms with E-state index < -0.39 is 11.7 Å². The fourth-order valence-corrected chi connectivity index (χ4v) is 1.69. The molecule has 2 rings (SSSR count). The third-order valence-electron chi connectivity index (χ3n) is 2.68. The second-order valence-corrected chi connectivity index (χ2v) is 4.14. The first-order valence-corrected chi connectivity index (χ1v) is 5.67. The lowest BCUT2D eigenvalue weighted by Gasteiger charge is -2.17. The summed E-state index contributed by atoms with van der Waals surface area (Å²) < 4.78 is 26.2. The van der Waals surface area contributed by atoms with Gasteiger partial charge in [0, 0.05) is 19.8 Å². The van der Waals surface area contributed by atoms with Crippen LogP contribution < -0.4 is 0 Å². The Morgan fingerprint density at radius 3 is 2.53 bits per heavy atom. The van der Waals surface area contributed by atoms with Crippen molar-refractivity contribution in [2.75, 3.05) is 7.05 Å². The van der Waals surface area contributed by atoms with Crippen LogP contribution in [0.2, 0.25) is 0 Å². The summed E-state index contributed by atoms with van der Waals surface area (Å²) in [5.41, 5.74) is 0.742. The zero-order valence-electron chi connectivity index (χ0n) is 10.3. The van der Waals surface area contributed by atoms with Crippen LogP contribution in [0.1, 0.15) is 15.9 Å². The van der Waals surface area contributed by atoms with Gasteiger partial charge < -0.3 is 4.90 Å². The molecule has 0 saturated heterocycles. The fourth-order valence-electron chi connectivity index (χ4n) is 1.69. The standard InChI is InChI=1S/C14H12F2N2O/c1-18(9-10-2-4-11(15)5-3-10)14(19)12-6-7-17-8-13(12)16/h2-8H,9H2,1H3. The van der Waals surface area contributed by atoms with Gasteiger partial charge >= 0.3 is 0 Å². The maximum Gasteiger partial charge on any atom is 0.256 e. The molecule has 0 radical (unpaired) electrons. The predicted octanol–water partition coefficient (Wildman–Crippen LogP) is 2.63. The lowest BCUT2D eigenvalue weighted by Crippen LogP contribution is -2.27. The first kappa shape index (κ1) is 13.1. The molecule has 0 aliphatic heterocycles. The van der Waals surface area contributed by atoms with Crippen molar-refractivity contribution in [1.29, 1.82) is 0 Å². The average Bonchev–Trinajstić information content (AvgIpc) is 2.41. The normalized spacial score (nSPS) is 10.3. The number of hydrogen-bond acceptors (Lipinski definition) is 2. The van der Waals surface area contributed by atoms with Crippen molar-refractivity contribution in [3.8, 4) is 0 Å². The van der Waals surface area contributed by atoms with E-state index >= 15 is 0 Å². The Morgan fingerprint density at radius 1 is 1.21 bits per heavy atom. The van der Waals surface area contributed by atoms with Crippen molar-refractivity contribution >= 4 is 5.91 Å². The maximum absolute atomic E-state index is 13.4. The molecule has 1 amide bonds. The molecule has 0 aliphatic carbocycles. The Bertz CT molecular complexity index is 584. The third-order valence-corrected chi connectivity index (χ3v) is 2.68. The molecule has 1 heterocycles. The van der Waals surface area contributed by atoms with E-state index in [2.05, 4.69) is 4.98 Å². The largest absolute Gasteiger partial charge is 0.337 e. The topological polar surface area (TPSA) is 33.2 Å². The summed E-state index contributed by atoms with van der Waals surface area (Å²) in [4.78, 5) is 17.0. The number of amides is 1. The molecule has 1 aromatic carbocycles. The van der Waals surface area contributed by atoms with Crippen LogP contribution in [0.5, 0.6) is 0 Å². The average molecular weight is 262 g/mol. The lowest BCUT2D eigenvalue weighted by molar-refractivity contribution is 0.0780. The summed E-state index contributed by atoms with van der Waals surface area (Å²) in [5.74, 6) is -1.43. The Kier molecular flexibility index (Phi) is 3.85. The van der Waals surface area contributed by atoms with Crippen molar-refractivity contribution < 1.29 is 13.6 Å². The van der Waals surface area contributed by atoms with E-state index in [1.807, 2.05) is 0 Å². The monoisotopic (exact) mass is 262 g/mol. The minimum Gasteiger partial charge on any atom is -0.337 e. The van der Waals surface area contributed by atoms with Gasteiger partial charge in [-0.25, -0.2) is 8.78 Å². The van der Waals surface area contributed by atoms with Crippen LogP contribution in [0.25, 0.3) is 0 Å². The molecule has 5 heteroatoms. The number of rotatable bonds is 3. The minimum absolute atomic E-state index is 0.0281. The van der Waals surface area contributed by atoms with Crippen LogP contribution in [0, 0.1) is 11.6 Å². The van der Waals surface area contributed by atoms with E-state index in [0.717, 1.165) is 11.8 Å². The van der Waals surface area contributed by atoms with Gasteiger partial charge in [-0.1, -0.05) is 12.1 Å². The van der Waals surface area contributed by atoms with Crippen LogP contribution in [0.4, 0.5) is 8.78 Å². The molecule has 0 saturated carbocycles. The number of aromatic nitrogens is 1. The van der Waals surface area contributed by atoms with Crippen LogP contribution in [-0.4, -0.2) is 22.8 Å². The number of halogens is 2. The Hall–Kier alpha value is -2.30. The van der Waals surface area contributed by atoms with Crippen molar-refractivity contribution in [3.05, 3.63) is 65.5 Å². The number of nitrogens with zero attached hydrogens (tertiary/aromatic N) is 2. The van der Waals surface area contributed by atoms with E-state index in [-0.39, 0.29) is 17.9 Å². The summed E-state index contributed by atoms with van der Waals surface area (Å²) >= 11 is 0. The van der Waals surface area contributed by atoms with Gasteiger partial charge in [-0.3, -0.25) is 9.78 Å². The molecule has 2 aromatic rings. The highest BCUT2D eigenvalue weighted by molar-refractivity contribution is 5.94. The van der Waals surface area contributed by atoms with Crippen LogP contribution in [0.15, 0.2) is 42.7 Å². The molecule has 3 nitrogen and oxygen atoms in total. The summed E-state index contributed by atoms with van der Waals surface area (Å²) in [5, 5.41) is 0. The van der Waals surface area contributed by atoms with Crippen molar-refractivity contribution in [2.45, 2.75) is 6.54 Å². The molecule has 1 aromatic heterocycles. The van der Waals surface area contributed by atoms with E-state index in [1.54, 1.807) is 19.2 Å². The van der Waals surface area contributed by atoms with Crippen molar-refractivity contribution in [1.82, 2.24) is 9.88 Å². The summed E-state index contributed by atoms with van der Waals surface area (Å²) in [6.07, 6.45) is 2.36. The highest BCUT2D eigenvalue weighted by Gasteiger charge is 2.16. The Labute approximate surface area is 109 Å². The molecule has 0 aliphatic rings. The molecule has 0 atom stereocenters. The van der Waals surface area contributed by atoms with Crippen molar-refractivity contribution in [3.63, 3.8) is 0 Å². The molecule has 19 heavy (non-hydrogen) atoms. The van der Waals surface area contributed by atoms with Gasteiger partial charge in [0.25, 0.3) is 5.91 Å². The Balaban J connectivity index is 2.12. The molecular weight excluding hydrogens is 250 g/mol. The van der Waals surface area contributed by atoms with Gasteiger partial charge in [-0.2, -0.15) is 0 Å². The molecule has 0 spiro atoms.